The second-order valence-electron chi connectivity index (χ2n) is 5.33. The molecular formula is C15H24ClN3O2. The summed E-state index contributed by atoms with van der Waals surface area (Å²) in [6, 6.07) is 5.37. The Kier molecular flexibility index (Phi) is 7.39. The highest BCUT2D eigenvalue weighted by Crippen LogP contribution is 2.22. The minimum atomic E-state index is -0.898. The van der Waals surface area contributed by atoms with Crippen molar-refractivity contribution in [1.29, 1.82) is 0 Å². The largest absolute Gasteiger partial charge is 0.326 e. The van der Waals surface area contributed by atoms with E-state index < -0.39 is 5.54 Å². The van der Waals surface area contributed by atoms with Crippen LogP contribution in [-0.2, 0) is 9.59 Å². The quantitative estimate of drug-likeness (QED) is 0.781. The van der Waals surface area contributed by atoms with E-state index in [2.05, 4.69) is 10.6 Å². The molecule has 0 aromatic heterocycles. The molecular weight excluding hydrogens is 290 g/mol. The van der Waals surface area contributed by atoms with E-state index in [0.29, 0.717) is 17.8 Å². The van der Waals surface area contributed by atoms with Crippen molar-refractivity contribution in [2.24, 2.45) is 5.73 Å². The first-order chi connectivity index (χ1) is 9.26. The Bertz CT molecular complexity index is 516. The van der Waals surface area contributed by atoms with E-state index in [-0.39, 0.29) is 24.2 Å². The van der Waals surface area contributed by atoms with Crippen molar-refractivity contribution in [1.82, 2.24) is 0 Å². The van der Waals surface area contributed by atoms with Crippen LogP contribution in [0.15, 0.2) is 18.2 Å². The predicted molar refractivity (Wildman–Crippen MR) is 88.9 cm³/mol. The number of halogens is 1. The highest BCUT2D eigenvalue weighted by Gasteiger charge is 2.27. The number of carbonyl (C=O) groups is 2. The van der Waals surface area contributed by atoms with Crippen LogP contribution in [-0.4, -0.2) is 17.4 Å². The maximum Gasteiger partial charge on any atom is 0.244 e. The van der Waals surface area contributed by atoms with Gasteiger partial charge < -0.3 is 16.4 Å². The van der Waals surface area contributed by atoms with Crippen LogP contribution in [0.5, 0.6) is 0 Å². The molecule has 5 nitrogen and oxygen atoms in total. The molecule has 0 saturated heterocycles. The Balaban J connectivity index is 0.00000400. The van der Waals surface area contributed by atoms with Gasteiger partial charge in [-0.05, 0) is 38.0 Å². The van der Waals surface area contributed by atoms with Gasteiger partial charge in [0, 0.05) is 18.3 Å². The zero-order valence-corrected chi connectivity index (χ0v) is 13.8. The van der Waals surface area contributed by atoms with E-state index in [9.17, 15) is 9.59 Å². The minimum absolute atomic E-state index is 0. The summed E-state index contributed by atoms with van der Waals surface area (Å²) in [7, 11) is 0. The first kappa shape index (κ1) is 19.4. The number of nitrogens with two attached hydrogens (primary N) is 1. The second-order valence-corrected chi connectivity index (χ2v) is 5.33. The standard InChI is InChI=1S/C15H23N3O2.ClH/c1-5-8-15(4,16)14(20)18-13-9-12(17-11(3)19)7-6-10(13)2;/h6-7,9H,5,8,16H2,1-4H3,(H,17,19)(H,18,20);1H. The van der Waals surface area contributed by atoms with E-state index in [1.54, 1.807) is 19.1 Å². The van der Waals surface area contributed by atoms with Gasteiger partial charge in [-0.15, -0.1) is 12.4 Å². The third-order valence-corrected chi connectivity index (χ3v) is 3.09. The van der Waals surface area contributed by atoms with E-state index in [1.165, 1.54) is 6.92 Å². The van der Waals surface area contributed by atoms with Gasteiger partial charge in [-0.1, -0.05) is 19.4 Å². The number of amides is 2. The summed E-state index contributed by atoms with van der Waals surface area (Å²) in [4.78, 5) is 23.2. The number of hydrogen-bond acceptors (Lipinski definition) is 3. The monoisotopic (exact) mass is 313 g/mol. The van der Waals surface area contributed by atoms with E-state index in [4.69, 9.17) is 5.73 Å². The molecule has 0 saturated carbocycles. The second kappa shape index (κ2) is 8.00. The zero-order chi connectivity index (χ0) is 15.3. The van der Waals surface area contributed by atoms with Crippen molar-refractivity contribution >= 4 is 35.6 Å². The molecule has 0 bridgehead atoms. The molecule has 0 fully saturated rings. The van der Waals surface area contributed by atoms with Crippen molar-refractivity contribution in [3.05, 3.63) is 23.8 Å². The molecule has 118 valence electrons. The van der Waals surface area contributed by atoms with E-state index in [1.807, 2.05) is 19.9 Å². The Labute approximate surface area is 132 Å². The summed E-state index contributed by atoms with van der Waals surface area (Å²) in [6.07, 6.45) is 1.45. The summed E-state index contributed by atoms with van der Waals surface area (Å²) < 4.78 is 0. The SMILES string of the molecule is CCCC(C)(N)C(=O)Nc1cc(NC(C)=O)ccc1C.Cl. The Morgan fingerprint density at radius 3 is 2.43 bits per heavy atom. The fourth-order valence-corrected chi connectivity index (χ4v) is 1.94. The summed E-state index contributed by atoms with van der Waals surface area (Å²) in [5.41, 5.74) is 7.33. The number of carbonyl (C=O) groups excluding carboxylic acids is 2. The van der Waals surface area contributed by atoms with Crippen molar-refractivity contribution in [3.63, 3.8) is 0 Å². The predicted octanol–water partition coefficient (Wildman–Crippen LogP) is 2.83. The van der Waals surface area contributed by atoms with Crippen LogP contribution < -0.4 is 16.4 Å². The van der Waals surface area contributed by atoms with Crippen molar-refractivity contribution in [2.45, 2.75) is 46.1 Å². The van der Waals surface area contributed by atoms with Crippen LogP contribution >= 0.6 is 12.4 Å². The maximum absolute atomic E-state index is 12.2. The van der Waals surface area contributed by atoms with Crippen LogP contribution in [0.2, 0.25) is 0 Å². The highest BCUT2D eigenvalue weighted by atomic mass is 35.5. The fraction of sp³-hybridized carbons (Fsp3) is 0.467. The van der Waals surface area contributed by atoms with Gasteiger partial charge in [-0.3, -0.25) is 9.59 Å². The molecule has 1 aromatic carbocycles. The molecule has 0 spiro atoms. The fourth-order valence-electron chi connectivity index (χ4n) is 1.94. The van der Waals surface area contributed by atoms with Gasteiger partial charge in [-0.25, -0.2) is 0 Å². The van der Waals surface area contributed by atoms with E-state index in [0.717, 1.165) is 12.0 Å². The van der Waals surface area contributed by atoms with Crippen molar-refractivity contribution in [2.75, 3.05) is 10.6 Å². The molecule has 4 N–H and O–H groups in total. The average molecular weight is 314 g/mol. The van der Waals surface area contributed by atoms with E-state index >= 15 is 0 Å². The summed E-state index contributed by atoms with van der Waals surface area (Å²) >= 11 is 0. The summed E-state index contributed by atoms with van der Waals surface area (Å²) in [6.45, 7) is 7.04. The lowest BCUT2D eigenvalue weighted by molar-refractivity contribution is -0.120. The number of anilines is 2. The van der Waals surface area contributed by atoms with Gasteiger partial charge in [0.25, 0.3) is 0 Å². The van der Waals surface area contributed by atoms with Crippen molar-refractivity contribution < 1.29 is 9.59 Å². The summed E-state index contributed by atoms with van der Waals surface area (Å²) in [5, 5.41) is 5.52. The minimum Gasteiger partial charge on any atom is -0.326 e. The number of benzene rings is 1. The van der Waals surface area contributed by atoms with Crippen LogP contribution in [0.4, 0.5) is 11.4 Å². The lowest BCUT2D eigenvalue weighted by Crippen LogP contribution is -2.48. The third-order valence-electron chi connectivity index (χ3n) is 3.09. The number of aryl methyl sites for hydroxylation is 1. The molecule has 0 aliphatic carbocycles. The first-order valence-corrected chi connectivity index (χ1v) is 6.75. The number of nitrogens with one attached hydrogen (secondary N) is 2. The molecule has 0 aliphatic heterocycles. The van der Waals surface area contributed by atoms with Gasteiger partial charge in [0.15, 0.2) is 0 Å². The van der Waals surface area contributed by atoms with Gasteiger partial charge in [0.2, 0.25) is 11.8 Å². The maximum atomic E-state index is 12.2. The van der Waals surface area contributed by atoms with Crippen LogP contribution in [0.3, 0.4) is 0 Å². The zero-order valence-electron chi connectivity index (χ0n) is 12.9. The van der Waals surface area contributed by atoms with Gasteiger partial charge in [-0.2, -0.15) is 0 Å². The molecule has 0 radical (unpaired) electrons. The highest BCUT2D eigenvalue weighted by molar-refractivity contribution is 5.99. The molecule has 6 heteroatoms. The smallest absolute Gasteiger partial charge is 0.244 e. The number of rotatable bonds is 5. The van der Waals surface area contributed by atoms with Gasteiger partial charge in [0.1, 0.15) is 0 Å². The molecule has 0 heterocycles. The van der Waals surface area contributed by atoms with Crippen LogP contribution in [0.1, 0.15) is 39.2 Å². The van der Waals surface area contributed by atoms with Crippen LogP contribution in [0.25, 0.3) is 0 Å². The Hall–Kier alpha value is -1.59. The molecule has 0 aliphatic rings. The van der Waals surface area contributed by atoms with Crippen molar-refractivity contribution in [3.8, 4) is 0 Å². The first-order valence-electron chi connectivity index (χ1n) is 6.75. The summed E-state index contributed by atoms with van der Waals surface area (Å²) in [5.74, 6) is -0.372. The molecule has 1 aromatic rings. The molecule has 1 rings (SSSR count). The molecule has 2 amide bonds. The lowest BCUT2D eigenvalue weighted by Gasteiger charge is -2.23. The normalized spacial score (nSPS) is 12.8. The molecule has 21 heavy (non-hydrogen) atoms. The number of hydrogen-bond donors (Lipinski definition) is 3. The van der Waals surface area contributed by atoms with Gasteiger partial charge in [0.05, 0.1) is 5.54 Å². The topological polar surface area (TPSA) is 84.2 Å². The molecule has 1 atom stereocenters. The van der Waals surface area contributed by atoms with Gasteiger partial charge >= 0.3 is 0 Å². The average Bonchev–Trinajstić information content (AvgIpc) is 2.32. The third kappa shape index (κ3) is 5.73. The van der Waals surface area contributed by atoms with Crippen LogP contribution in [0, 0.1) is 6.92 Å². The Morgan fingerprint density at radius 2 is 1.90 bits per heavy atom. The molecule has 1 unspecified atom stereocenters. The lowest BCUT2D eigenvalue weighted by atomic mass is 9.96. The Morgan fingerprint density at radius 1 is 1.29 bits per heavy atom.